The zero-order chi connectivity index (χ0) is 13.3. The fraction of sp³-hybridized carbons (Fsp3) is 0.571. The summed E-state index contributed by atoms with van der Waals surface area (Å²) >= 11 is 3.48. The molecule has 0 bridgehead atoms. The molecule has 18 heavy (non-hydrogen) atoms. The molecule has 0 N–H and O–H groups in total. The van der Waals surface area contributed by atoms with Crippen LogP contribution in [0.5, 0.6) is 0 Å². The molecule has 1 aromatic carbocycles. The van der Waals surface area contributed by atoms with Crippen LogP contribution < -0.4 is 0 Å². The highest BCUT2D eigenvalue weighted by Gasteiger charge is 2.36. The summed E-state index contributed by atoms with van der Waals surface area (Å²) in [6.07, 6.45) is 5.34. The van der Waals surface area contributed by atoms with Crippen molar-refractivity contribution < 1.29 is 13.2 Å². The predicted molar refractivity (Wildman–Crippen MR) is 69.2 cm³/mol. The largest absolute Gasteiger partial charge is 0.207 e. The minimum atomic E-state index is -1.13. The highest BCUT2D eigenvalue weighted by molar-refractivity contribution is 9.09. The third-order valence-electron chi connectivity index (χ3n) is 3.92. The van der Waals surface area contributed by atoms with Gasteiger partial charge in [-0.2, -0.15) is 0 Å². The molecule has 1 aromatic rings. The first kappa shape index (κ1) is 13.9. The van der Waals surface area contributed by atoms with Crippen LogP contribution in [0.3, 0.4) is 0 Å². The number of hydrogen-bond donors (Lipinski definition) is 0. The van der Waals surface area contributed by atoms with Gasteiger partial charge in [0.25, 0.3) is 0 Å². The lowest BCUT2D eigenvalue weighted by Gasteiger charge is -2.38. The first-order valence-electron chi connectivity index (χ1n) is 6.22. The standard InChI is InChI=1S/C14H16BrF3/c1-14(5-3-2-4-6-14)13(15)9-7-11(17)12(18)8-10(9)16/h7-8,13H,2-6H2,1H3. The summed E-state index contributed by atoms with van der Waals surface area (Å²) in [6, 6.07) is 1.61. The van der Waals surface area contributed by atoms with E-state index in [9.17, 15) is 13.2 Å². The van der Waals surface area contributed by atoms with Crippen LogP contribution in [0.1, 0.15) is 49.4 Å². The van der Waals surface area contributed by atoms with E-state index in [4.69, 9.17) is 0 Å². The molecule has 100 valence electrons. The van der Waals surface area contributed by atoms with E-state index >= 15 is 0 Å². The Hall–Kier alpha value is -0.510. The molecular weight excluding hydrogens is 305 g/mol. The molecule has 1 aliphatic carbocycles. The van der Waals surface area contributed by atoms with Crippen molar-refractivity contribution in [1.29, 1.82) is 0 Å². The van der Waals surface area contributed by atoms with E-state index in [1.807, 2.05) is 0 Å². The average Bonchev–Trinajstić information content (AvgIpc) is 2.34. The second-order valence-corrected chi connectivity index (χ2v) is 6.28. The number of benzene rings is 1. The third-order valence-corrected chi connectivity index (χ3v) is 5.52. The Balaban J connectivity index is 2.33. The highest BCUT2D eigenvalue weighted by atomic mass is 79.9. The van der Waals surface area contributed by atoms with E-state index in [1.165, 1.54) is 6.42 Å². The van der Waals surface area contributed by atoms with Gasteiger partial charge in [0.05, 0.1) is 0 Å². The molecule has 0 nitrogen and oxygen atoms in total. The Kier molecular flexibility index (Phi) is 4.05. The van der Waals surface area contributed by atoms with E-state index in [2.05, 4.69) is 22.9 Å². The molecule has 1 unspecified atom stereocenters. The fourth-order valence-electron chi connectivity index (χ4n) is 2.72. The summed E-state index contributed by atoms with van der Waals surface area (Å²) in [5.74, 6) is -2.80. The second-order valence-electron chi connectivity index (χ2n) is 5.37. The third kappa shape index (κ3) is 2.58. The quantitative estimate of drug-likeness (QED) is 0.498. The molecule has 0 heterocycles. The van der Waals surface area contributed by atoms with Gasteiger partial charge in [0.1, 0.15) is 5.82 Å². The Morgan fingerprint density at radius 3 is 2.17 bits per heavy atom. The monoisotopic (exact) mass is 320 g/mol. The van der Waals surface area contributed by atoms with Crippen molar-refractivity contribution >= 4 is 15.9 Å². The van der Waals surface area contributed by atoms with E-state index in [-0.39, 0.29) is 15.8 Å². The van der Waals surface area contributed by atoms with Crippen LogP contribution >= 0.6 is 15.9 Å². The molecular formula is C14H16BrF3. The predicted octanol–water partition coefficient (Wildman–Crippen LogP) is 5.51. The zero-order valence-corrected chi connectivity index (χ0v) is 11.9. The van der Waals surface area contributed by atoms with Crippen LogP contribution in [0.4, 0.5) is 13.2 Å². The van der Waals surface area contributed by atoms with Crippen LogP contribution in [0.25, 0.3) is 0 Å². The van der Waals surface area contributed by atoms with Crippen LogP contribution in [-0.4, -0.2) is 0 Å². The normalized spacial score (nSPS) is 20.7. The van der Waals surface area contributed by atoms with Gasteiger partial charge >= 0.3 is 0 Å². The maximum absolute atomic E-state index is 13.8. The average molecular weight is 321 g/mol. The molecule has 4 heteroatoms. The number of rotatable bonds is 2. The second kappa shape index (κ2) is 5.24. The first-order chi connectivity index (χ1) is 8.44. The molecule has 1 saturated carbocycles. The van der Waals surface area contributed by atoms with Gasteiger partial charge in [0.15, 0.2) is 11.6 Å². The molecule has 0 aromatic heterocycles. The van der Waals surface area contributed by atoms with Gasteiger partial charge in [-0.15, -0.1) is 0 Å². The van der Waals surface area contributed by atoms with Crippen molar-refractivity contribution in [2.24, 2.45) is 5.41 Å². The van der Waals surface area contributed by atoms with Crippen molar-refractivity contribution in [1.82, 2.24) is 0 Å². The van der Waals surface area contributed by atoms with Gasteiger partial charge in [0.2, 0.25) is 0 Å². The van der Waals surface area contributed by atoms with Crippen LogP contribution in [-0.2, 0) is 0 Å². The van der Waals surface area contributed by atoms with Gasteiger partial charge in [-0.3, -0.25) is 0 Å². The molecule has 1 aliphatic rings. The van der Waals surface area contributed by atoms with Crippen molar-refractivity contribution in [3.8, 4) is 0 Å². The summed E-state index contributed by atoms with van der Waals surface area (Å²) in [5, 5.41) is 0. The van der Waals surface area contributed by atoms with Gasteiger partial charge < -0.3 is 0 Å². The lowest BCUT2D eigenvalue weighted by atomic mass is 9.72. The van der Waals surface area contributed by atoms with Crippen molar-refractivity contribution in [2.75, 3.05) is 0 Å². The smallest absolute Gasteiger partial charge is 0.161 e. The maximum atomic E-state index is 13.8. The van der Waals surface area contributed by atoms with Crippen LogP contribution in [0.2, 0.25) is 0 Å². The van der Waals surface area contributed by atoms with Gasteiger partial charge in [0, 0.05) is 16.5 Å². The van der Waals surface area contributed by atoms with Gasteiger partial charge in [-0.1, -0.05) is 42.1 Å². The van der Waals surface area contributed by atoms with Crippen molar-refractivity contribution in [3.63, 3.8) is 0 Å². The van der Waals surface area contributed by atoms with E-state index in [0.29, 0.717) is 6.07 Å². The Morgan fingerprint density at radius 1 is 1.00 bits per heavy atom. The molecule has 1 fully saturated rings. The summed E-state index contributed by atoms with van der Waals surface area (Å²) < 4.78 is 39.9. The van der Waals surface area contributed by atoms with Gasteiger partial charge in [-0.05, 0) is 24.3 Å². The Labute approximate surface area is 114 Å². The molecule has 0 amide bonds. The summed E-state index contributed by atoms with van der Waals surface area (Å²) in [4.78, 5) is -0.277. The maximum Gasteiger partial charge on any atom is 0.161 e. The summed E-state index contributed by atoms with van der Waals surface area (Å²) in [7, 11) is 0. The van der Waals surface area contributed by atoms with Crippen LogP contribution in [0.15, 0.2) is 12.1 Å². The zero-order valence-electron chi connectivity index (χ0n) is 10.3. The lowest BCUT2D eigenvalue weighted by molar-refractivity contribution is 0.210. The lowest BCUT2D eigenvalue weighted by Crippen LogP contribution is -2.25. The highest BCUT2D eigenvalue weighted by Crippen LogP contribution is 2.50. The van der Waals surface area contributed by atoms with Crippen molar-refractivity contribution in [2.45, 2.75) is 43.9 Å². The number of halogens is 4. The fourth-order valence-corrected chi connectivity index (χ4v) is 3.53. The first-order valence-corrected chi connectivity index (χ1v) is 7.14. The van der Waals surface area contributed by atoms with Crippen molar-refractivity contribution in [3.05, 3.63) is 35.1 Å². The van der Waals surface area contributed by atoms with E-state index in [1.54, 1.807) is 0 Å². The topological polar surface area (TPSA) is 0 Å². The number of hydrogen-bond acceptors (Lipinski definition) is 0. The molecule has 0 radical (unpaired) electrons. The molecule has 0 spiro atoms. The van der Waals surface area contributed by atoms with E-state index in [0.717, 1.165) is 31.7 Å². The SMILES string of the molecule is CC1(C(Br)c2cc(F)c(F)cc2F)CCCCC1. The van der Waals surface area contributed by atoms with E-state index < -0.39 is 17.5 Å². The Bertz CT molecular complexity index is 439. The van der Waals surface area contributed by atoms with Gasteiger partial charge in [-0.25, -0.2) is 13.2 Å². The minimum Gasteiger partial charge on any atom is -0.207 e. The summed E-state index contributed by atoms with van der Waals surface area (Å²) in [6.45, 7) is 2.08. The summed E-state index contributed by atoms with van der Waals surface area (Å²) in [5.41, 5.74) is 0.127. The molecule has 1 atom stereocenters. The molecule has 0 saturated heterocycles. The van der Waals surface area contributed by atoms with Crippen LogP contribution in [0, 0.1) is 22.9 Å². The number of alkyl halides is 1. The molecule has 2 rings (SSSR count). The molecule has 0 aliphatic heterocycles. The Morgan fingerprint density at radius 2 is 1.56 bits per heavy atom. The minimum absolute atomic E-state index is 0.0939.